The number of piperazine rings is 1. The zero-order chi connectivity index (χ0) is 8.97. The maximum atomic E-state index is 10.3. The highest BCUT2D eigenvalue weighted by Gasteiger charge is 2.13. The highest BCUT2D eigenvalue weighted by atomic mass is 16.1. The van der Waals surface area contributed by atoms with Crippen molar-refractivity contribution in [1.29, 1.82) is 0 Å². The van der Waals surface area contributed by atoms with E-state index in [2.05, 4.69) is 23.4 Å². The van der Waals surface area contributed by atoms with Crippen LogP contribution in [0.1, 0.15) is 0 Å². The van der Waals surface area contributed by atoms with Crippen LogP contribution in [0.2, 0.25) is 0 Å². The van der Waals surface area contributed by atoms with Gasteiger partial charge in [-0.2, -0.15) is 0 Å². The molecule has 0 amide bonds. The van der Waals surface area contributed by atoms with Gasteiger partial charge in [0, 0.05) is 32.7 Å². The van der Waals surface area contributed by atoms with E-state index in [-0.39, 0.29) is 0 Å². The third kappa shape index (κ3) is 2.75. The third-order valence-corrected chi connectivity index (χ3v) is 2.19. The summed E-state index contributed by atoms with van der Waals surface area (Å²) in [5.74, 6) is 0. The molecule has 1 aliphatic heterocycles. The Bertz CT molecular complexity index is 171. The van der Waals surface area contributed by atoms with Gasteiger partial charge in [-0.1, -0.05) is 6.58 Å². The lowest BCUT2D eigenvalue weighted by Crippen LogP contribution is -2.45. The summed E-state index contributed by atoms with van der Waals surface area (Å²) in [5, 5.41) is 0. The predicted octanol–water partition coefficient (Wildman–Crippen LogP) is -0.0111. The quantitative estimate of drug-likeness (QED) is 0.437. The Morgan fingerprint density at radius 2 is 2.00 bits per heavy atom. The zero-order valence-corrected chi connectivity index (χ0v) is 7.62. The van der Waals surface area contributed by atoms with Crippen molar-refractivity contribution in [2.45, 2.75) is 0 Å². The minimum Gasteiger partial charge on any atom is -0.304 e. The van der Waals surface area contributed by atoms with E-state index in [9.17, 15) is 4.79 Å². The maximum Gasteiger partial charge on any atom is 0.146 e. The molecule has 3 nitrogen and oxygen atoms in total. The van der Waals surface area contributed by atoms with Crippen LogP contribution >= 0.6 is 0 Å². The molecule has 0 N–H and O–H groups in total. The van der Waals surface area contributed by atoms with Gasteiger partial charge in [0.2, 0.25) is 0 Å². The number of hydrogen-bond donors (Lipinski definition) is 0. The number of likely N-dealkylation sites (N-methyl/N-ethyl adjacent to an activating group) is 1. The van der Waals surface area contributed by atoms with Crippen molar-refractivity contribution < 1.29 is 4.79 Å². The average Bonchev–Trinajstić information content (AvgIpc) is 2.09. The number of rotatable bonds is 3. The van der Waals surface area contributed by atoms with Gasteiger partial charge in [0.05, 0.1) is 0 Å². The van der Waals surface area contributed by atoms with Crippen LogP contribution in [0, 0.1) is 0 Å². The molecule has 68 valence electrons. The van der Waals surface area contributed by atoms with E-state index in [1.54, 1.807) is 0 Å². The van der Waals surface area contributed by atoms with Crippen LogP contribution in [0.3, 0.4) is 0 Å². The molecule has 12 heavy (non-hydrogen) atoms. The summed E-state index contributed by atoms with van der Waals surface area (Å²) in [7, 11) is 2.12. The molecular formula is C9H16N2O. The van der Waals surface area contributed by atoms with Crippen LogP contribution in [0.5, 0.6) is 0 Å². The van der Waals surface area contributed by atoms with Crippen LogP contribution in [0.15, 0.2) is 12.2 Å². The van der Waals surface area contributed by atoms with Gasteiger partial charge in [-0.3, -0.25) is 9.69 Å². The van der Waals surface area contributed by atoms with Crippen LogP contribution < -0.4 is 0 Å². The summed E-state index contributed by atoms with van der Waals surface area (Å²) in [4.78, 5) is 14.9. The van der Waals surface area contributed by atoms with E-state index >= 15 is 0 Å². The standard InChI is InChI=1S/C9H16N2O/c1-9(8-12)7-11-5-3-10(2)4-6-11/h8H,1,3-7H2,2H3. The number of carbonyl (C=O) groups is 1. The molecule has 1 heterocycles. The molecule has 1 saturated heterocycles. The molecule has 3 heteroatoms. The van der Waals surface area contributed by atoms with E-state index in [1.165, 1.54) is 0 Å². The molecule has 0 spiro atoms. The van der Waals surface area contributed by atoms with Crippen molar-refractivity contribution in [3.8, 4) is 0 Å². The first-order valence-electron chi connectivity index (χ1n) is 4.26. The molecule has 1 rings (SSSR count). The molecule has 0 aromatic rings. The second kappa shape index (κ2) is 4.38. The Balaban J connectivity index is 2.26. The fraction of sp³-hybridized carbons (Fsp3) is 0.667. The van der Waals surface area contributed by atoms with E-state index in [0.717, 1.165) is 39.0 Å². The normalized spacial score (nSPS) is 20.8. The minimum atomic E-state index is 0.680. The highest BCUT2D eigenvalue weighted by Crippen LogP contribution is 2.00. The first kappa shape index (κ1) is 9.42. The first-order valence-corrected chi connectivity index (χ1v) is 4.26. The SMILES string of the molecule is C=C(C=O)CN1CCN(C)CC1. The van der Waals surface area contributed by atoms with E-state index in [1.807, 2.05) is 0 Å². The summed E-state index contributed by atoms with van der Waals surface area (Å²) in [6, 6.07) is 0. The maximum absolute atomic E-state index is 10.3. The summed E-state index contributed by atoms with van der Waals surface area (Å²) < 4.78 is 0. The molecule has 0 aromatic heterocycles. The Hall–Kier alpha value is -0.670. The smallest absolute Gasteiger partial charge is 0.146 e. The molecule has 1 fully saturated rings. The van der Waals surface area contributed by atoms with Gasteiger partial charge in [-0.05, 0) is 12.6 Å². The fourth-order valence-electron chi connectivity index (χ4n) is 1.33. The van der Waals surface area contributed by atoms with Gasteiger partial charge < -0.3 is 4.90 Å². The van der Waals surface area contributed by atoms with Crippen molar-refractivity contribution in [3.05, 3.63) is 12.2 Å². The molecule has 1 aliphatic rings. The molecule has 0 unspecified atom stereocenters. The number of hydrogen-bond acceptors (Lipinski definition) is 3. The summed E-state index contributed by atoms with van der Waals surface area (Å²) in [6.45, 7) is 8.67. The van der Waals surface area contributed by atoms with Crippen LogP contribution in [0.25, 0.3) is 0 Å². The van der Waals surface area contributed by atoms with Crippen molar-refractivity contribution in [2.24, 2.45) is 0 Å². The van der Waals surface area contributed by atoms with Crippen LogP contribution in [0.4, 0.5) is 0 Å². The van der Waals surface area contributed by atoms with Crippen LogP contribution in [-0.2, 0) is 4.79 Å². The van der Waals surface area contributed by atoms with Gasteiger partial charge in [-0.25, -0.2) is 0 Å². The summed E-state index contributed by atoms with van der Waals surface area (Å²) in [6.07, 6.45) is 0.846. The van der Waals surface area contributed by atoms with Crippen molar-refractivity contribution in [2.75, 3.05) is 39.8 Å². The molecule has 0 atom stereocenters. The first-order chi connectivity index (χ1) is 5.72. The van der Waals surface area contributed by atoms with Crippen molar-refractivity contribution >= 4 is 6.29 Å². The largest absolute Gasteiger partial charge is 0.304 e. The Morgan fingerprint density at radius 3 is 2.50 bits per heavy atom. The third-order valence-electron chi connectivity index (χ3n) is 2.19. The number of nitrogens with zero attached hydrogens (tertiary/aromatic N) is 2. The summed E-state index contributed by atoms with van der Waals surface area (Å²) >= 11 is 0. The van der Waals surface area contributed by atoms with Crippen molar-refractivity contribution in [1.82, 2.24) is 9.80 Å². The van der Waals surface area contributed by atoms with E-state index in [0.29, 0.717) is 5.57 Å². The van der Waals surface area contributed by atoms with Gasteiger partial charge in [-0.15, -0.1) is 0 Å². The van der Waals surface area contributed by atoms with E-state index in [4.69, 9.17) is 0 Å². The number of carbonyl (C=O) groups excluding carboxylic acids is 1. The average molecular weight is 168 g/mol. The topological polar surface area (TPSA) is 23.6 Å². The van der Waals surface area contributed by atoms with Gasteiger partial charge in [0.15, 0.2) is 0 Å². The molecule has 0 aliphatic carbocycles. The van der Waals surface area contributed by atoms with Crippen LogP contribution in [-0.4, -0.2) is 55.9 Å². The monoisotopic (exact) mass is 168 g/mol. The van der Waals surface area contributed by atoms with Gasteiger partial charge >= 0.3 is 0 Å². The summed E-state index contributed by atoms with van der Waals surface area (Å²) in [5.41, 5.74) is 0.680. The van der Waals surface area contributed by atoms with Gasteiger partial charge in [0.1, 0.15) is 6.29 Å². The van der Waals surface area contributed by atoms with Crippen molar-refractivity contribution in [3.63, 3.8) is 0 Å². The van der Waals surface area contributed by atoms with E-state index < -0.39 is 0 Å². The number of aldehydes is 1. The lowest BCUT2D eigenvalue weighted by Gasteiger charge is -2.32. The zero-order valence-electron chi connectivity index (χ0n) is 7.62. The Labute approximate surface area is 73.6 Å². The lowest BCUT2D eigenvalue weighted by atomic mass is 10.2. The Morgan fingerprint density at radius 1 is 1.42 bits per heavy atom. The minimum absolute atomic E-state index is 0.680. The second-order valence-electron chi connectivity index (χ2n) is 3.36. The highest BCUT2D eigenvalue weighted by molar-refractivity contribution is 5.72. The molecular weight excluding hydrogens is 152 g/mol. The fourth-order valence-corrected chi connectivity index (χ4v) is 1.33. The molecule has 0 saturated carbocycles. The predicted molar refractivity (Wildman–Crippen MR) is 49.1 cm³/mol. The second-order valence-corrected chi connectivity index (χ2v) is 3.36. The lowest BCUT2D eigenvalue weighted by molar-refractivity contribution is -0.105. The molecule has 0 radical (unpaired) electrons. The molecule has 0 bridgehead atoms. The van der Waals surface area contributed by atoms with Gasteiger partial charge in [0.25, 0.3) is 0 Å². The Kier molecular flexibility index (Phi) is 3.44. The molecule has 0 aromatic carbocycles.